The molecule has 3 N–H and O–H groups in total. The molecule has 3 nitrogen and oxygen atoms in total. The molecule has 0 fully saturated rings. The average molecular weight is 291 g/mol. The molecular formula is C14H17N3S2. The van der Waals surface area contributed by atoms with Crippen LogP contribution in [0.4, 0.5) is 5.69 Å². The normalized spacial score (nSPS) is 12.1. The lowest BCUT2D eigenvalue weighted by atomic mass is 10.1. The third-order valence-corrected chi connectivity index (χ3v) is 4.03. The van der Waals surface area contributed by atoms with Gasteiger partial charge in [-0.05, 0) is 32.0 Å². The number of hydrogen-bond donors (Lipinski definition) is 2. The summed E-state index contributed by atoms with van der Waals surface area (Å²) in [6.07, 6.45) is 4.45. The zero-order valence-corrected chi connectivity index (χ0v) is 12.6. The maximum absolute atomic E-state index is 5.71. The Labute approximate surface area is 122 Å². The van der Waals surface area contributed by atoms with E-state index in [0.29, 0.717) is 11.0 Å². The maximum atomic E-state index is 5.71. The Bertz CT molecular complexity index is 578. The minimum absolute atomic E-state index is 0.301. The lowest BCUT2D eigenvalue weighted by Gasteiger charge is -2.16. The van der Waals surface area contributed by atoms with Gasteiger partial charge in [-0.1, -0.05) is 12.2 Å². The summed E-state index contributed by atoms with van der Waals surface area (Å²) >= 11 is 6.88. The number of aryl methyl sites for hydroxylation is 1. The van der Waals surface area contributed by atoms with Crippen LogP contribution in [-0.4, -0.2) is 16.0 Å². The fourth-order valence-electron chi connectivity index (χ4n) is 1.94. The Morgan fingerprint density at radius 3 is 2.89 bits per heavy atom. The van der Waals surface area contributed by atoms with Crippen LogP contribution in [0, 0.1) is 6.92 Å². The van der Waals surface area contributed by atoms with Gasteiger partial charge in [0.1, 0.15) is 4.99 Å². The zero-order valence-electron chi connectivity index (χ0n) is 11.0. The van der Waals surface area contributed by atoms with Crippen LogP contribution >= 0.6 is 23.6 Å². The Morgan fingerprint density at radius 1 is 1.47 bits per heavy atom. The van der Waals surface area contributed by atoms with Crippen molar-refractivity contribution in [3.05, 3.63) is 45.9 Å². The van der Waals surface area contributed by atoms with Crippen LogP contribution in [0.2, 0.25) is 0 Å². The Hall–Kier alpha value is -1.46. The summed E-state index contributed by atoms with van der Waals surface area (Å²) in [6.45, 7) is 4.27. The van der Waals surface area contributed by atoms with E-state index in [0.717, 1.165) is 17.7 Å². The number of nitrogens with zero attached hydrogens (tertiary/aromatic N) is 1. The van der Waals surface area contributed by atoms with Crippen molar-refractivity contribution in [3.8, 4) is 0 Å². The second-order valence-corrected chi connectivity index (χ2v) is 6.36. The van der Waals surface area contributed by atoms with Gasteiger partial charge in [0.25, 0.3) is 0 Å². The summed E-state index contributed by atoms with van der Waals surface area (Å²) in [4.78, 5) is 7.22. The molecule has 2 rings (SSSR count). The molecule has 0 aromatic carbocycles. The van der Waals surface area contributed by atoms with Crippen molar-refractivity contribution >= 4 is 34.2 Å². The first-order valence-electron chi connectivity index (χ1n) is 6.12. The van der Waals surface area contributed by atoms with Gasteiger partial charge in [-0.25, -0.2) is 0 Å². The molecule has 1 unspecified atom stereocenters. The van der Waals surface area contributed by atoms with Gasteiger partial charge in [0.15, 0.2) is 0 Å². The first-order chi connectivity index (χ1) is 9.06. The molecule has 5 heteroatoms. The van der Waals surface area contributed by atoms with E-state index >= 15 is 0 Å². The van der Waals surface area contributed by atoms with Crippen LogP contribution in [0.3, 0.4) is 0 Å². The van der Waals surface area contributed by atoms with E-state index in [-0.39, 0.29) is 0 Å². The highest BCUT2D eigenvalue weighted by Crippen LogP contribution is 2.19. The number of thiophene rings is 1. The average Bonchev–Trinajstić information content (AvgIpc) is 2.75. The maximum Gasteiger partial charge on any atom is 0.106 e. The van der Waals surface area contributed by atoms with E-state index in [2.05, 4.69) is 36.3 Å². The van der Waals surface area contributed by atoms with Crippen LogP contribution in [0.1, 0.15) is 22.2 Å². The summed E-state index contributed by atoms with van der Waals surface area (Å²) in [6, 6.07) is 6.47. The van der Waals surface area contributed by atoms with E-state index in [1.54, 1.807) is 12.4 Å². The van der Waals surface area contributed by atoms with Gasteiger partial charge in [-0.15, -0.1) is 11.3 Å². The van der Waals surface area contributed by atoms with Crippen molar-refractivity contribution < 1.29 is 0 Å². The number of anilines is 1. The first kappa shape index (κ1) is 14.0. The van der Waals surface area contributed by atoms with Crippen molar-refractivity contribution in [1.82, 2.24) is 4.98 Å². The summed E-state index contributed by atoms with van der Waals surface area (Å²) < 4.78 is 0. The second-order valence-electron chi connectivity index (χ2n) is 4.55. The SMILES string of the molecule is Cc1ccc(CC(C)Nc2cnccc2C(N)=S)s1. The standard InChI is InChI=1S/C14H17N3S2/c1-9(7-11-4-3-10(2)19-11)17-13-8-16-6-5-12(13)14(15)18/h3-6,8-9,17H,7H2,1-2H3,(H2,15,18). The molecular weight excluding hydrogens is 274 g/mol. The number of thiocarbonyl (C=S) groups is 1. The van der Waals surface area contributed by atoms with Crippen molar-refractivity contribution in [3.63, 3.8) is 0 Å². The molecule has 0 aliphatic heterocycles. The van der Waals surface area contributed by atoms with E-state index in [4.69, 9.17) is 18.0 Å². The predicted octanol–water partition coefficient (Wildman–Crippen LogP) is 3.13. The van der Waals surface area contributed by atoms with Crippen LogP contribution in [0.15, 0.2) is 30.6 Å². The van der Waals surface area contributed by atoms with Crippen molar-refractivity contribution in [2.45, 2.75) is 26.3 Å². The Kier molecular flexibility index (Phi) is 4.50. The van der Waals surface area contributed by atoms with Gasteiger partial charge in [0.2, 0.25) is 0 Å². The fourth-order valence-corrected chi connectivity index (χ4v) is 3.13. The number of nitrogens with one attached hydrogen (secondary N) is 1. The molecule has 0 spiro atoms. The first-order valence-corrected chi connectivity index (χ1v) is 7.34. The summed E-state index contributed by atoms with van der Waals surface area (Å²) in [7, 11) is 0. The summed E-state index contributed by atoms with van der Waals surface area (Å²) in [5.41, 5.74) is 7.46. The van der Waals surface area contributed by atoms with E-state index in [9.17, 15) is 0 Å². The number of pyridine rings is 1. The molecule has 0 saturated heterocycles. The molecule has 19 heavy (non-hydrogen) atoms. The van der Waals surface area contributed by atoms with Crippen molar-refractivity contribution in [1.29, 1.82) is 0 Å². The lowest BCUT2D eigenvalue weighted by molar-refractivity contribution is 0.799. The third-order valence-electron chi connectivity index (χ3n) is 2.79. The molecule has 0 aliphatic carbocycles. The van der Waals surface area contributed by atoms with Crippen LogP contribution in [0.5, 0.6) is 0 Å². The predicted molar refractivity (Wildman–Crippen MR) is 86.0 cm³/mol. The molecule has 0 saturated carbocycles. The second kappa shape index (κ2) is 6.12. The highest BCUT2D eigenvalue weighted by molar-refractivity contribution is 7.80. The zero-order chi connectivity index (χ0) is 13.8. The van der Waals surface area contributed by atoms with E-state index in [1.165, 1.54) is 9.75 Å². The third kappa shape index (κ3) is 3.75. The monoisotopic (exact) mass is 291 g/mol. The lowest BCUT2D eigenvalue weighted by Crippen LogP contribution is -2.21. The minimum atomic E-state index is 0.301. The molecule has 0 bridgehead atoms. The molecule has 2 aromatic rings. The van der Waals surface area contributed by atoms with Crippen LogP contribution in [-0.2, 0) is 6.42 Å². The Morgan fingerprint density at radius 2 is 2.26 bits per heavy atom. The molecule has 1 atom stereocenters. The minimum Gasteiger partial charge on any atom is -0.389 e. The van der Waals surface area contributed by atoms with Crippen molar-refractivity contribution in [2.24, 2.45) is 5.73 Å². The number of hydrogen-bond acceptors (Lipinski definition) is 4. The van der Waals surface area contributed by atoms with Crippen LogP contribution in [0.25, 0.3) is 0 Å². The number of rotatable bonds is 5. The highest BCUT2D eigenvalue weighted by atomic mass is 32.1. The van der Waals surface area contributed by atoms with E-state index in [1.807, 2.05) is 17.4 Å². The van der Waals surface area contributed by atoms with Gasteiger partial charge in [0.05, 0.1) is 11.9 Å². The van der Waals surface area contributed by atoms with Crippen LogP contribution < -0.4 is 11.1 Å². The quantitative estimate of drug-likeness (QED) is 0.831. The summed E-state index contributed by atoms with van der Waals surface area (Å²) in [5.74, 6) is 0. The molecule has 0 amide bonds. The highest BCUT2D eigenvalue weighted by Gasteiger charge is 2.09. The molecule has 100 valence electrons. The smallest absolute Gasteiger partial charge is 0.106 e. The van der Waals surface area contributed by atoms with Gasteiger partial charge in [0, 0.05) is 34.0 Å². The fraction of sp³-hybridized carbons (Fsp3) is 0.286. The van der Waals surface area contributed by atoms with E-state index < -0.39 is 0 Å². The number of aromatic nitrogens is 1. The van der Waals surface area contributed by atoms with Crippen molar-refractivity contribution in [2.75, 3.05) is 5.32 Å². The van der Waals surface area contributed by atoms with Gasteiger partial charge >= 0.3 is 0 Å². The van der Waals surface area contributed by atoms with Gasteiger partial charge in [-0.2, -0.15) is 0 Å². The largest absolute Gasteiger partial charge is 0.389 e. The molecule has 2 heterocycles. The molecule has 0 aliphatic rings. The topological polar surface area (TPSA) is 50.9 Å². The molecule has 2 aromatic heterocycles. The number of nitrogens with two attached hydrogens (primary N) is 1. The molecule has 0 radical (unpaired) electrons. The van der Waals surface area contributed by atoms with Gasteiger partial charge < -0.3 is 11.1 Å². The Balaban J connectivity index is 2.06. The summed E-state index contributed by atoms with van der Waals surface area (Å²) in [5, 5.41) is 3.43. The van der Waals surface area contributed by atoms with Gasteiger partial charge in [-0.3, -0.25) is 4.98 Å².